The third kappa shape index (κ3) is 7.54. The SMILES string of the molecule is Cc1cnc(Nc2cc(C)n(C)n2)nc1-c1c[nH]c2c(CN3CCC(Oc4nc(NC5CCCCC5)ncc4F)C3)cccc12.NC=O. The van der Waals surface area contributed by atoms with Gasteiger partial charge in [-0.1, -0.05) is 37.5 Å². The van der Waals surface area contributed by atoms with Gasteiger partial charge in [0.05, 0.1) is 17.4 Å². The predicted octanol–water partition coefficient (Wildman–Crippen LogP) is 5.15. The number of ether oxygens (including phenoxy) is 1. The van der Waals surface area contributed by atoms with E-state index in [1.165, 1.54) is 31.0 Å². The zero-order chi connectivity index (χ0) is 33.6. The maximum atomic E-state index is 14.6. The van der Waals surface area contributed by atoms with Crippen molar-refractivity contribution in [2.75, 3.05) is 23.7 Å². The van der Waals surface area contributed by atoms with Crippen LogP contribution in [-0.4, -0.2) is 71.2 Å². The second-order valence-corrected chi connectivity index (χ2v) is 12.4. The number of rotatable bonds is 9. The van der Waals surface area contributed by atoms with E-state index >= 15 is 0 Å². The molecule has 1 aliphatic carbocycles. The van der Waals surface area contributed by atoms with Crippen LogP contribution in [0.25, 0.3) is 22.2 Å². The van der Waals surface area contributed by atoms with Crippen LogP contribution in [0.3, 0.4) is 0 Å². The molecule has 5 aromatic rings. The Labute approximate surface area is 278 Å². The maximum absolute atomic E-state index is 14.6. The van der Waals surface area contributed by atoms with Gasteiger partial charge in [-0.15, -0.1) is 0 Å². The summed E-state index contributed by atoms with van der Waals surface area (Å²) in [7, 11) is 1.91. The van der Waals surface area contributed by atoms with Crippen molar-refractivity contribution in [2.45, 2.75) is 71.1 Å². The zero-order valence-electron chi connectivity index (χ0n) is 27.5. The number of halogens is 1. The van der Waals surface area contributed by atoms with Gasteiger partial charge in [-0.25, -0.2) is 15.0 Å². The fourth-order valence-corrected chi connectivity index (χ4v) is 6.42. The first kappa shape index (κ1) is 32.8. The number of hydrogen-bond donors (Lipinski definition) is 4. The lowest BCUT2D eigenvalue weighted by atomic mass is 9.96. The number of anilines is 3. The number of nitrogens with one attached hydrogen (secondary N) is 3. The average Bonchev–Trinajstić information content (AvgIpc) is 3.79. The molecule has 0 bridgehead atoms. The molecule has 1 atom stereocenters. The van der Waals surface area contributed by atoms with Crippen molar-refractivity contribution in [1.29, 1.82) is 0 Å². The number of primary amides is 1. The van der Waals surface area contributed by atoms with Crippen molar-refractivity contribution in [3.63, 3.8) is 0 Å². The summed E-state index contributed by atoms with van der Waals surface area (Å²) in [4.78, 5) is 32.3. The number of aromatic amines is 1. The largest absolute Gasteiger partial charge is 0.471 e. The van der Waals surface area contributed by atoms with Crippen LogP contribution in [-0.2, 0) is 18.4 Å². The number of aromatic nitrogens is 7. The summed E-state index contributed by atoms with van der Waals surface area (Å²) in [5.41, 5.74) is 10.3. The highest BCUT2D eigenvalue weighted by molar-refractivity contribution is 5.97. The summed E-state index contributed by atoms with van der Waals surface area (Å²) in [5, 5.41) is 12.2. The molecule has 2 fully saturated rings. The summed E-state index contributed by atoms with van der Waals surface area (Å²) < 4.78 is 22.5. The Morgan fingerprint density at radius 2 is 1.90 bits per heavy atom. The molecule has 4 aromatic heterocycles. The van der Waals surface area contributed by atoms with Gasteiger partial charge in [0.2, 0.25) is 24.1 Å². The fraction of sp³-hybridized carbons (Fsp3) is 0.412. The average molecular weight is 656 g/mol. The second-order valence-electron chi connectivity index (χ2n) is 12.4. The highest BCUT2D eigenvalue weighted by Crippen LogP contribution is 2.33. The number of carbonyl (C=O) groups excluding carboxylic acids is 1. The van der Waals surface area contributed by atoms with E-state index in [2.05, 4.69) is 64.5 Å². The molecular formula is C34H42FN11O2. The van der Waals surface area contributed by atoms with Crippen molar-refractivity contribution >= 4 is 35.0 Å². The lowest BCUT2D eigenvalue weighted by Crippen LogP contribution is -2.26. The molecule has 14 heteroatoms. The molecule has 1 aromatic carbocycles. The van der Waals surface area contributed by atoms with Gasteiger partial charge < -0.3 is 26.1 Å². The Bertz CT molecular complexity index is 1850. The molecule has 1 aliphatic heterocycles. The molecule has 5 N–H and O–H groups in total. The lowest BCUT2D eigenvalue weighted by Gasteiger charge is -2.23. The summed E-state index contributed by atoms with van der Waals surface area (Å²) in [5.74, 6) is 1.15. The van der Waals surface area contributed by atoms with Crippen molar-refractivity contribution in [1.82, 2.24) is 39.6 Å². The first-order chi connectivity index (χ1) is 23.3. The van der Waals surface area contributed by atoms with Gasteiger partial charge in [-0.3, -0.25) is 14.4 Å². The van der Waals surface area contributed by atoms with Crippen molar-refractivity contribution < 1.29 is 13.9 Å². The van der Waals surface area contributed by atoms with Crippen LogP contribution in [0.1, 0.15) is 55.3 Å². The van der Waals surface area contributed by atoms with Crippen LogP contribution in [0.15, 0.2) is 42.9 Å². The first-order valence-electron chi connectivity index (χ1n) is 16.4. The number of carbonyl (C=O) groups is 1. The minimum atomic E-state index is -0.528. The molecule has 1 saturated heterocycles. The molecule has 7 rings (SSSR count). The Morgan fingerprint density at radius 3 is 2.67 bits per heavy atom. The van der Waals surface area contributed by atoms with Crippen LogP contribution >= 0.6 is 0 Å². The highest BCUT2D eigenvalue weighted by atomic mass is 19.1. The number of fused-ring (bicyclic) bond motifs is 1. The Kier molecular flexibility index (Phi) is 10.1. The molecule has 252 valence electrons. The minimum Gasteiger partial charge on any atom is -0.471 e. The van der Waals surface area contributed by atoms with Gasteiger partial charge in [0.25, 0.3) is 5.88 Å². The van der Waals surface area contributed by atoms with Crippen LogP contribution in [0.5, 0.6) is 5.88 Å². The van der Waals surface area contributed by atoms with E-state index in [0.29, 0.717) is 30.3 Å². The zero-order valence-corrected chi connectivity index (χ0v) is 27.5. The van der Waals surface area contributed by atoms with Crippen LogP contribution in [0.4, 0.5) is 22.1 Å². The van der Waals surface area contributed by atoms with E-state index in [1.807, 2.05) is 44.0 Å². The number of likely N-dealkylation sites (tertiary alicyclic amines) is 1. The first-order valence-corrected chi connectivity index (χ1v) is 16.4. The molecule has 0 radical (unpaired) electrons. The third-order valence-corrected chi connectivity index (χ3v) is 8.93. The fourth-order valence-electron chi connectivity index (χ4n) is 6.42. The predicted molar refractivity (Wildman–Crippen MR) is 182 cm³/mol. The molecular weight excluding hydrogens is 613 g/mol. The Morgan fingerprint density at radius 1 is 1.10 bits per heavy atom. The van der Waals surface area contributed by atoms with E-state index < -0.39 is 5.82 Å². The van der Waals surface area contributed by atoms with Gasteiger partial charge in [-0.2, -0.15) is 14.5 Å². The number of nitrogens with zero attached hydrogens (tertiary/aromatic N) is 7. The molecule has 1 unspecified atom stereocenters. The van der Waals surface area contributed by atoms with Gasteiger partial charge in [0.1, 0.15) is 6.10 Å². The molecule has 13 nitrogen and oxygen atoms in total. The molecule has 1 amide bonds. The molecule has 1 saturated carbocycles. The monoisotopic (exact) mass is 655 g/mol. The Hall–Kier alpha value is -5.11. The Balaban J connectivity index is 0.00000129. The van der Waals surface area contributed by atoms with Crippen LogP contribution < -0.4 is 21.1 Å². The van der Waals surface area contributed by atoms with Gasteiger partial charge in [0.15, 0.2) is 5.82 Å². The summed E-state index contributed by atoms with van der Waals surface area (Å²) >= 11 is 0. The lowest BCUT2D eigenvalue weighted by molar-refractivity contribution is -0.106. The normalized spacial score (nSPS) is 16.8. The number of amides is 1. The van der Waals surface area contributed by atoms with Gasteiger partial charge >= 0.3 is 0 Å². The number of aryl methyl sites for hydroxylation is 3. The van der Waals surface area contributed by atoms with Crippen molar-refractivity contribution in [2.24, 2.45) is 12.8 Å². The quantitative estimate of drug-likeness (QED) is 0.156. The maximum Gasteiger partial charge on any atom is 0.255 e. The van der Waals surface area contributed by atoms with Crippen molar-refractivity contribution in [3.8, 4) is 17.1 Å². The third-order valence-electron chi connectivity index (χ3n) is 8.93. The highest BCUT2D eigenvalue weighted by Gasteiger charge is 2.27. The number of H-pyrrole nitrogens is 1. The van der Waals surface area contributed by atoms with Gasteiger partial charge in [0, 0.05) is 67.8 Å². The summed E-state index contributed by atoms with van der Waals surface area (Å²) in [6, 6.07) is 8.65. The van der Waals surface area contributed by atoms with Crippen LogP contribution in [0, 0.1) is 19.7 Å². The number of hydrogen-bond acceptors (Lipinski definition) is 10. The molecule has 5 heterocycles. The molecule has 0 spiro atoms. The second kappa shape index (κ2) is 14.8. The van der Waals surface area contributed by atoms with Crippen LogP contribution in [0.2, 0.25) is 0 Å². The smallest absolute Gasteiger partial charge is 0.255 e. The molecule has 2 aliphatic rings. The van der Waals surface area contributed by atoms with Crippen molar-refractivity contribution in [3.05, 3.63) is 65.5 Å². The van der Waals surface area contributed by atoms with E-state index in [9.17, 15) is 4.39 Å². The molecule has 48 heavy (non-hydrogen) atoms. The van der Waals surface area contributed by atoms with E-state index in [4.69, 9.17) is 14.5 Å². The van der Waals surface area contributed by atoms with E-state index in [-0.39, 0.29) is 18.4 Å². The number of nitrogens with two attached hydrogens (primary N) is 1. The van der Waals surface area contributed by atoms with Gasteiger partial charge in [-0.05, 0) is 44.2 Å². The standard InChI is InChI=1S/C33H39FN10O.CH3NO/c1-20-15-36-33(39-28-14-21(2)43(3)42-28)40-29(20)26-16-35-30-22(8-7-11-25(26)30)18-44-13-12-24(19-44)45-31-27(34)17-37-32(41-31)38-23-9-5-4-6-10-23;2-1-3/h7-8,11,14-17,23-24,35H,4-6,9-10,12-13,18-19H2,1-3H3,(H,37,38,41)(H,36,39,40,42);1H,(H2,2,3). The minimum absolute atomic E-state index is 0.0264. The number of para-hydroxylation sites is 1. The summed E-state index contributed by atoms with van der Waals surface area (Å²) in [6.45, 7) is 6.30. The number of benzene rings is 1. The summed E-state index contributed by atoms with van der Waals surface area (Å²) in [6.07, 6.45) is 11.8. The van der Waals surface area contributed by atoms with E-state index in [0.717, 1.165) is 65.8 Å². The van der Waals surface area contributed by atoms with E-state index in [1.54, 1.807) is 0 Å². The topological polar surface area (TPSA) is 165 Å².